The summed E-state index contributed by atoms with van der Waals surface area (Å²) in [6.45, 7) is 1.90. The molecule has 0 heterocycles. The third kappa shape index (κ3) is 11.7. The van der Waals surface area contributed by atoms with Crippen LogP contribution in [0.5, 0.6) is 0 Å². The standard InChI is InChI=1S/C17H20F2O3/c1-3-10-15(20)11-7-5-6-8-13-17(18,19)14-9-12-16(21)22-4-2/h1,5-7,11,15,20H,4,9-10,12,14H2,2H3/b6-5+,11-7-/t15-/m0/s1. The van der Waals surface area contributed by atoms with Crippen molar-refractivity contribution in [1.82, 2.24) is 0 Å². The number of terminal acetylenes is 1. The lowest BCUT2D eigenvalue weighted by atomic mass is 10.1. The Balaban J connectivity index is 4.15. The van der Waals surface area contributed by atoms with Crippen LogP contribution < -0.4 is 0 Å². The van der Waals surface area contributed by atoms with Crippen LogP contribution in [0, 0.1) is 24.2 Å². The number of hydrogen-bond acceptors (Lipinski definition) is 3. The van der Waals surface area contributed by atoms with E-state index in [-0.39, 0.29) is 25.9 Å². The smallest absolute Gasteiger partial charge is 0.308 e. The molecular formula is C17H20F2O3. The molecule has 0 amide bonds. The average Bonchev–Trinajstić information content (AvgIpc) is 2.43. The van der Waals surface area contributed by atoms with Crippen molar-refractivity contribution in [3.05, 3.63) is 24.3 Å². The lowest BCUT2D eigenvalue weighted by molar-refractivity contribution is -0.143. The fourth-order valence-corrected chi connectivity index (χ4v) is 1.38. The summed E-state index contributed by atoms with van der Waals surface area (Å²) in [6.07, 6.45) is 9.52. The minimum atomic E-state index is -3.15. The number of carbonyl (C=O) groups excluding carboxylic acids is 1. The van der Waals surface area contributed by atoms with E-state index in [1.807, 2.05) is 5.92 Å². The van der Waals surface area contributed by atoms with Crippen LogP contribution in [-0.2, 0) is 9.53 Å². The van der Waals surface area contributed by atoms with Gasteiger partial charge in [0, 0.05) is 19.3 Å². The first-order valence-electron chi connectivity index (χ1n) is 6.92. The third-order valence-electron chi connectivity index (χ3n) is 2.38. The molecule has 0 rings (SSSR count). The van der Waals surface area contributed by atoms with Crippen LogP contribution in [0.2, 0.25) is 0 Å². The highest BCUT2D eigenvalue weighted by molar-refractivity contribution is 5.69. The van der Waals surface area contributed by atoms with E-state index in [4.69, 9.17) is 6.42 Å². The summed E-state index contributed by atoms with van der Waals surface area (Å²) in [5.74, 6) is 2.71. The molecule has 0 aromatic carbocycles. The molecule has 22 heavy (non-hydrogen) atoms. The van der Waals surface area contributed by atoms with Crippen LogP contribution in [-0.4, -0.2) is 29.7 Å². The Bertz CT molecular complexity index is 490. The van der Waals surface area contributed by atoms with Gasteiger partial charge in [0.25, 0.3) is 0 Å². The average molecular weight is 310 g/mol. The number of ether oxygens (including phenoxy) is 1. The second kappa shape index (κ2) is 11.5. The Labute approximate surface area is 130 Å². The molecule has 1 N–H and O–H groups in total. The first-order chi connectivity index (χ1) is 10.4. The fraction of sp³-hybridized carbons (Fsp3) is 0.471. The van der Waals surface area contributed by atoms with Gasteiger partial charge in [0.05, 0.1) is 12.7 Å². The van der Waals surface area contributed by atoms with Gasteiger partial charge in [-0.05, 0) is 25.3 Å². The second-order valence-corrected chi connectivity index (χ2v) is 4.35. The Kier molecular flexibility index (Phi) is 10.4. The summed E-state index contributed by atoms with van der Waals surface area (Å²) >= 11 is 0. The first kappa shape index (κ1) is 19.9. The summed E-state index contributed by atoms with van der Waals surface area (Å²) in [6, 6.07) is 0. The van der Waals surface area contributed by atoms with Crippen molar-refractivity contribution in [2.75, 3.05) is 6.61 Å². The zero-order valence-corrected chi connectivity index (χ0v) is 12.5. The Morgan fingerprint density at radius 3 is 2.82 bits per heavy atom. The van der Waals surface area contributed by atoms with Crippen LogP contribution in [0.4, 0.5) is 8.78 Å². The van der Waals surface area contributed by atoms with Crippen LogP contribution in [0.1, 0.15) is 32.6 Å². The molecule has 0 aliphatic rings. The number of aliphatic hydroxyl groups is 1. The van der Waals surface area contributed by atoms with E-state index in [0.29, 0.717) is 0 Å². The third-order valence-corrected chi connectivity index (χ3v) is 2.38. The SMILES string of the molecule is C#CC[C@H](O)/C=C\C=C\C#CC(F)(F)CCCC(=O)OCC. The maximum Gasteiger partial charge on any atom is 0.308 e. The van der Waals surface area contributed by atoms with Crippen molar-refractivity contribution in [3.8, 4) is 24.2 Å². The number of allylic oxidation sites excluding steroid dienone is 3. The Hall–Kier alpha value is -2.11. The normalized spacial score (nSPS) is 12.7. The molecule has 0 bridgehead atoms. The van der Waals surface area contributed by atoms with Gasteiger partial charge in [-0.2, -0.15) is 8.78 Å². The first-order valence-corrected chi connectivity index (χ1v) is 6.92. The molecule has 0 aliphatic heterocycles. The van der Waals surface area contributed by atoms with Crippen molar-refractivity contribution in [2.24, 2.45) is 0 Å². The van der Waals surface area contributed by atoms with Gasteiger partial charge in [-0.1, -0.05) is 24.1 Å². The van der Waals surface area contributed by atoms with Gasteiger partial charge in [0.2, 0.25) is 0 Å². The number of alkyl halides is 2. The minimum Gasteiger partial charge on any atom is -0.466 e. The van der Waals surface area contributed by atoms with Crippen LogP contribution in [0.3, 0.4) is 0 Å². The molecule has 0 unspecified atom stereocenters. The van der Waals surface area contributed by atoms with E-state index in [0.717, 1.165) is 0 Å². The maximum atomic E-state index is 13.4. The number of hydrogen-bond donors (Lipinski definition) is 1. The highest BCUT2D eigenvalue weighted by Crippen LogP contribution is 2.20. The molecule has 0 aliphatic carbocycles. The van der Waals surface area contributed by atoms with Gasteiger partial charge in [-0.15, -0.1) is 12.3 Å². The Morgan fingerprint density at radius 2 is 2.18 bits per heavy atom. The fourth-order valence-electron chi connectivity index (χ4n) is 1.38. The minimum absolute atomic E-state index is 0.0163. The molecule has 1 atom stereocenters. The molecule has 0 radical (unpaired) electrons. The van der Waals surface area contributed by atoms with E-state index >= 15 is 0 Å². The summed E-state index contributed by atoms with van der Waals surface area (Å²) in [7, 11) is 0. The number of aliphatic hydroxyl groups excluding tert-OH is 1. The summed E-state index contributed by atoms with van der Waals surface area (Å²) in [5.41, 5.74) is 0. The van der Waals surface area contributed by atoms with E-state index in [1.165, 1.54) is 24.3 Å². The summed E-state index contributed by atoms with van der Waals surface area (Å²) in [5, 5.41) is 9.26. The van der Waals surface area contributed by atoms with Gasteiger partial charge in [0.1, 0.15) is 0 Å². The molecule has 0 saturated heterocycles. The highest BCUT2D eigenvalue weighted by atomic mass is 19.3. The zero-order chi connectivity index (χ0) is 16.8. The van der Waals surface area contributed by atoms with Crippen molar-refractivity contribution >= 4 is 5.97 Å². The molecule has 0 fully saturated rings. The van der Waals surface area contributed by atoms with Crippen LogP contribution in [0.15, 0.2) is 24.3 Å². The van der Waals surface area contributed by atoms with Crippen molar-refractivity contribution in [1.29, 1.82) is 0 Å². The lowest BCUT2D eigenvalue weighted by Crippen LogP contribution is -2.14. The molecule has 0 spiro atoms. The molecule has 120 valence electrons. The molecule has 0 aromatic heterocycles. The highest BCUT2D eigenvalue weighted by Gasteiger charge is 2.25. The van der Waals surface area contributed by atoms with Gasteiger partial charge < -0.3 is 9.84 Å². The van der Waals surface area contributed by atoms with E-state index in [2.05, 4.69) is 16.6 Å². The maximum absolute atomic E-state index is 13.4. The number of rotatable bonds is 8. The molecule has 5 heteroatoms. The molecule has 3 nitrogen and oxygen atoms in total. The van der Waals surface area contributed by atoms with Gasteiger partial charge in [-0.3, -0.25) is 4.79 Å². The quantitative estimate of drug-likeness (QED) is 0.426. The number of halogens is 2. The van der Waals surface area contributed by atoms with Crippen molar-refractivity contribution in [3.63, 3.8) is 0 Å². The number of esters is 1. The van der Waals surface area contributed by atoms with Gasteiger partial charge >= 0.3 is 11.9 Å². The predicted molar refractivity (Wildman–Crippen MR) is 80.9 cm³/mol. The molecule has 0 saturated carbocycles. The lowest BCUT2D eigenvalue weighted by Gasteiger charge is -2.08. The predicted octanol–water partition coefficient (Wildman–Crippen LogP) is 2.86. The van der Waals surface area contributed by atoms with Crippen molar-refractivity contribution < 1.29 is 23.4 Å². The van der Waals surface area contributed by atoms with Gasteiger partial charge in [0.15, 0.2) is 0 Å². The second-order valence-electron chi connectivity index (χ2n) is 4.35. The van der Waals surface area contributed by atoms with E-state index < -0.39 is 24.4 Å². The van der Waals surface area contributed by atoms with Crippen molar-refractivity contribution in [2.45, 2.75) is 44.6 Å². The topological polar surface area (TPSA) is 46.5 Å². The van der Waals surface area contributed by atoms with Gasteiger partial charge in [-0.25, -0.2) is 0 Å². The van der Waals surface area contributed by atoms with E-state index in [9.17, 15) is 18.7 Å². The van der Waals surface area contributed by atoms with Crippen LogP contribution in [0.25, 0.3) is 0 Å². The monoisotopic (exact) mass is 310 g/mol. The summed E-state index contributed by atoms with van der Waals surface area (Å²) < 4.78 is 31.4. The van der Waals surface area contributed by atoms with E-state index in [1.54, 1.807) is 6.92 Å². The van der Waals surface area contributed by atoms with Crippen LogP contribution >= 0.6 is 0 Å². The molecular weight excluding hydrogens is 290 g/mol. The largest absolute Gasteiger partial charge is 0.466 e. The Morgan fingerprint density at radius 1 is 1.45 bits per heavy atom. The zero-order valence-electron chi connectivity index (χ0n) is 12.5. The number of carbonyl (C=O) groups is 1. The molecule has 0 aromatic rings. The summed E-state index contributed by atoms with van der Waals surface area (Å²) in [4.78, 5) is 11.0.